The average Bonchev–Trinajstić information content (AvgIpc) is 2.99. The van der Waals surface area contributed by atoms with Crippen molar-refractivity contribution >= 4 is 44.4 Å². The van der Waals surface area contributed by atoms with Crippen LogP contribution in [0.4, 0.5) is 0 Å². The summed E-state index contributed by atoms with van der Waals surface area (Å²) in [5.74, 6) is -0.0891. The maximum Gasteiger partial charge on any atom is 0.316 e. The van der Waals surface area contributed by atoms with Gasteiger partial charge in [0.15, 0.2) is 5.16 Å². The van der Waals surface area contributed by atoms with Crippen molar-refractivity contribution < 1.29 is 9.53 Å². The Morgan fingerprint density at radius 1 is 1.32 bits per heavy atom. The largest absolute Gasteiger partial charge is 0.465 e. The quantitative estimate of drug-likeness (QED) is 0.458. The topological polar surface area (TPSA) is 67.9 Å². The van der Waals surface area contributed by atoms with E-state index in [0.29, 0.717) is 17.3 Å². The molecule has 0 bridgehead atoms. The fourth-order valence-electron chi connectivity index (χ4n) is 2.54. The van der Waals surface area contributed by atoms with E-state index < -0.39 is 0 Å². The third-order valence-electron chi connectivity index (χ3n) is 3.57. The van der Waals surface area contributed by atoms with Gasteiger partial charge in [-0.3, -0.25) is 9.36 Å². The third-order valence-corrected chi connectivity index (χ3v) is 5.06. The van der Waals surface area contributed by atoms with Crippen molar-refractivity contribution in [2.45, 2.75) is 12.1 Å². The Bertz CT molecular complexity index is 978. The number of carbonyl (C=O) groups is 1. The number of halogens is 1. The lowest BCUT2D eigenvalue weighted by atomic mass is 10.0. The highest BCUT2D eigenvalue weighted by Crippen LogP contribution is 2.32. The maximum atomic E-state index is 11.6. The van der Waals surface area contributed by atoms with E-state index in [0.717, 1.165) is 21.1 Å². The Kier molecular flexibility index (Phi) is 5.41. The smallest absolute Gasteiger partial charge is 0.316 e. The van der Waals surface area contributed by atoms with E-state index in [2.05, 4.69) is 27.0 Å². The molecule has 0 spiro atoms. The second-order valence-corrected chi connectivity index (χ2v) is 6.84. The predicted molar refractivity (Wildman–Crippen MR) is 101 cm³/mol. The van der Waals surface area contributed by atoms with E-state index in [9.17, 15) is 10.1 Å². The molecule has 0 N–H and O–H groups in total. The highest BCUT2D eigenvalue weighted by atomic mass is 79.9. The molecule has 25 heavy (non-hydrogen) atoms. The van der Waals surface area contributed by atoms with Crippen LogP contribution < -0.4 is 0 Å². The molecular weight excluding hydrogens is 402 g/mol. The lowest BCUT2D eigenvalue weighted by Crippen LogP contribution is -2.08. The lowest BCUT2D eigenvalue weighted by molar-refractivity contribution is -0.139. The summed E-state index contributed by atoms with van der Waals surface area (Å²) in [6.45, 7) is 2.14. The number of benzene rings is 2. The van der Waals surface area contributed by atoms with Crippen LogP contribution >= 0.6 is 27.7 Å². The van der Waals surface area contributed by atoms with Crippen LogP contribution in [-0.4, -0.2) is 27.9 Å². The molecule has 7 heteroatoms. The first kappa shape index (κ1) is 17.5. The number of hydrogen-bond acceptors (Lipinski definition) is 5. The second kappa shape index (κ2) is 7.72. The standard InChI is InChI=1S/C18H14BrN3O2S/c1-2-24-17(23)11-25-18-21-10-16(19)22(18)15-8-7-12(9-20)13-5-3-4-6-14(13)15/h3-8,10H,2,11H2,1H3. The van der Waals surface area contributed by atoms with E-state index in [1.165, 1.54) is 11.8 Å². The Labute approximate surface area is 157 Å². The van der Waals surface area contributed by atoms with Gasteiger partial charge in [-0.15, -0.1) is 0 Å². The lowest BCUT2D eigenvalue weighted by Gasteiger charge is -2.13. The van der Waals surface area contributed by atoms with Gasteiger partial charge in [-0.05, 0) is 35.0 Å². The molecule has 0 saturated carbocycles. The number of fused-ring (bicyclic) bond motifs is 1. The van der Waals surface area contributed by atoms with E-state index in [-0.39, 0.29) is 11.7 Å². The van der Waals surface area contributed by atoms with Crippen molar-refractivity contribution in [2.75, 3.05) is 12.4 Å². The molecule has 3 aromatic rings. The third kappa shape index (κ3) is 3.55. The molecule has 1 aromatic heterocycles. The molecule has 0 atom stereocenters. The number of esters is 1. The van der Waals surface area contributed by atoms with E-state index in [1.807, 2.05) is 34.9 Å². The van der Waals surface area contributed by atoms with Gasteiger partial charge in [0.25, 0.3) is 0 Å². The molecule has 126 valence electrons. The van der Waals surface area contributed by atoms with Crippen LogP contribution in [0.2, 0.25) is 0 Å². The van der Waals surface area contributed by atoms with Gasteiger partial charge < -0.3 is 4.74 Å². The van der Waals surface area contributed by atoms with Gasteiger partial charge >= 0.3 is 5.97 Å². The summed E-state index contributed by atoms with van der Waals surface area (Å²) in [5.41, 5.74) is 1.52. The number of nitriles is 1. The maximum absolute atomic E-state index is 11.6. The van der Waals surface area contributed by atoms with Crippen molar-refractivity contribution in [3.05, 3.63) is 52.8 Å². The van der Waals surface area contributed by atoms with Crippen LogP contribution in [0.3, 0.4) is 0 Å². The zero-order chi connectivity index (χ0) is 17.8. The van der Waals surface area contributed by atoms with Gasteiger partial charge in [0.1, 0.15) is 4.60 Å². The normalized spacial score (nSPS) is 10.6. The second-order valence-electron chi connectivity index (χ2n) is 5.08. The highest BCUT2D eigenvalue weighted by Gasteiger charge is 2.16. The molecule has 0 saturated heterocycles. The van der Waals surface area contributed by atoms with Gasteiger partial charge in [-0.25, -0.2) is 4.98 Å². The summed E-state index contributed by atoms with van der Waals surface area (Å²) in [6.07, 6.45) is 1.69. The van der Waals surface area contributed by atoms with Crippen molar-refractivity contribution in [3.63, 3.8) is 0 Å². The molecule has 0 aliphatic rings. The van der Waals surface area contributed by atoms with E-state index in [4.69, 9.17) is 4.74 Å². The van der Waals surface area contributed by atoms with Crippen LogP contribution in [0.15, 0.2) is 52.4 Å². The highest BCUT2D eigenvalue weighted by molar-refractivity contribution is 9.10. The molecule has 0 aliphatic carbocycles. The minimum Gasteiger partial charge on any atom is -0.465 e. The molecule has 5 nitrogen and oxygen atoms in total. The number of imidazole rings is 1. The predicted octanol–water partition coefficient (Wildman–Crippen LogP) is 4.31. The number of nitrogens with zero attached hydrogens (tertiary/aromatic N) is 3. The van der Waals surface area contributed by atoms with Crippen molar-refractivity contribution in [2.24, 2.45) is 0 Å². The first-order valence-corrected chi connectivity index (χ1v) is 9.37. The first-order chi connectivity index (χ1) is 12.2. The summed E-state index contributed by atoms with van der Waals surface area (Å²) in [6, 6.07) is 13.6. The molecular formula is C18H14BrN3O2S. The number of carbonyl (C=O) groups excluding carboxylic acids is 1. The zero-order valence-electron chi connectivity index (χ0n) is 13.4. The van der Waals surface area contributed by atoms with Crippen LogP contribution in [0, 0.1) is 11.3 Å². The van der Waals surface area contributed by atoms with Gasteiger partial charge in [-0.1, -0.05) is 36.0 Å². The van der Waals surface area contributed by atoms with Crippen LogP contribution in [0.25, 0.3) is 16.5 Å². The Hall–Kier alpha value is -2.30. The van der Waals surface area contributed by atoms with Gasteiger partial charge in [-0.2, -0.15) is 5.26 Å². The van der Waals surface area contributed by atoms with Crippen molar-refractivity contribution in [1.29, 1.82) is 5.26 Å². The monoisotopic (exact) mass is 415 g/mol. The molecule has 0 amide bonds. The molecule has 0 radical (unpaired) electrons. The van der Waals surface area contributed by atoms with Crippen LogP contribution in [0.1, 0.15) is 12.5 Å². The molecule has 3 rings (SSSR count). The van der Waals surface area contributed by atoms with Gasteiger partial charge in [0.05, 0.1) is 35.9 Å². The van der Waals surface area contributed by atoms with Crippen LogP contribution in [0.5, 0.6) is 0 Å². The molecule has 2 aromatic carbocycles. The van der Waals surface area contributed by atoms with Crippen molar-refractivity contribution in [1.82, 2.24) is 9.55 Å². The Balaban J connectivity index is 2.06. The summed E-state index contributed by atoms with van der Waals surface area (Å²) in [5, 5.41) is 11.8. The number of rotatable bonds is 5. The summed E-state index contributed by atoms with van der Waals surface area (Å²) in [7, 11) is 0. The number of ether oxygens (including phenoxy) is 1. The van der Waals surface area contributed by atoms with Gasteiger partial charge in [0, 0.05) is 10.8 Å². The van der Waals surface area contributed by atoms with Gasteiger partial charge in [0.2, 0.25) is 0 Å². The van der Waals surface area contributed by atoms with E-state index in [1.54, 1.807) is 19.2 Å². The fraction of sp³-hybridized carbons (Fsp3) is 0.167. The first-order valence-electron chi connectivity index (χ1n) is 7.59. The minimum atomic E-state index is -0.275. The average molecular weight is 416 g/mol. The Morgan fingerprint density at radius 3 is 2.80 bits per heavy atom. The molecule has 1 heterocycles. The summed E-state index contributed by atoms with van der Waals surface area (Å²) in [4.78, 5) is 16.0. The van der Waals surface area contributed by atoms with E-state index >= 15 is 0 Å². The molecule has 0 fully saturated rings. The summed E-state index contributed by atoms with van der Waals surface area (Å²) < 4.78 is 7.67. The molecule has 0 aliphatic heterocycles. The number of hydrogen-bond donors (Lipinski definition) is 0. The zero-order valence-corrected chi connectivity index (χ0v) is 15.8. The molecule has 0 unspecified atom stereocenters. The summed E-state index contributed by atoms with van der Waals surface area (Å²) >= 11 is 4.83. The van der Waals surface area contributed by atoms with Crippen molar-refractivity contribution in [3.8, 4) is 11.8 Å². The SMILES string of the molecule is CCOC(=O)CSc1ncc(Br)n1-c1ccc(C#N)c2ccccc12. The number of aromatic nitrogens is 2. The minimum absolute atomic E-state index is 0.186. The van der Waals surface area contributed by atoms with Crippen LogP contribution in [-0.2, 0) is 9.53 Å². The number of thioether (sulfide) groups is 1. The fourth-order valence-corrected chi connectivity index (χ4v) is 3.90. The Morgan fingerprint density at radius 2 is 2.08 bits per heavy atom.